The van der Waals surface area contributed by atoms with Crippen LogP contribution in [0.2, 0.25) is 0 Å². The van der Waals surface area contributed by atoms with Gasteiger partial charge >= 0.3 is 17.4 Å². The highest BCUT2D eigenvalue weighted by atomic mass is 19.4. The Morgan fingerprint density at radius 1 is 1.22 bits per heavy atom. The second-order valence-corrected chi connectivity index (χ2v) is 3.41. The minimum absolute atomic E-state index is 0.211. The number of nitrogens with one attached hydrogen (secondary N) is 1. The molecule has 1 aromatic heterocycles. The number of halogens is 3. The molecule has 0 amide bonds. The monoisotopic (exact) mass is 255 g/mol. The number of aromatic amines is 1. The van der Waals surface area contributed by atoms with Crippen LogP contribution < -0.4 is 5.56 Å². The fraction of sp³-hybridized carbons (Fsp3) is 0.100. The van der Waals surface area contributed by atoms with Crippen molar-refractivity contribution in [1.29, 1.82) is 5.39 Å². The van der Waals surface area contributed by atoms with Gasteiger partial charge in [-0.05, 0) is 12.1 Å². The van der Waals surface area contributed by atoms with Crippen LogP contribution in [0.5, 0.6) is 0 Å². The van der Waals surface area contributed by atoms with Crippen molar-refractivity contribution >= 4 is 5.69 Å². The molecule has 8 heteroatoms. The molecule has 1 aromatic carbocycles. The van der Waals surface area contributed by atoms with Crippen molar-refractivity contribution in [3.05, 3.63) is 51.4 Å². The molecule has 18 heavy (non-hydrogen) atoms. The highest BCUT2D eigenvalue weighted by Gasteiger charge is 2.45. The van der Waals surface area contributed by atoms with Crippen LogP contribution in [0.1, 0.15) is 5.69 Å². The van der Waals surface area contributed by atoms with Gasteiger partial charge in [0, 0.05) is 0 Å². The van der Waals surface area contributed by atoms with E-state index in [9.17, 15) is 18.0 Å². The third-order valence-electron chi connectivity index (χ3n) is 2.26. The van der Waals surface area contributed by atoms with Gasteiger partial charge in [0.1, 0.15) is 0 Å². The van der Waals surface area contributed by atoms with E-state index in [4.69, 9.17) is 5.39 Å². The zero-order valence-corrected chi connectivity index (χ0v) is 8.77. The highest BCUT2D eigenvalue weighted by Crippen LogP contribution is 2.33. The smallest absolute Gasteiger partial charge is 0.279 e. The SMILES string of the molecule is N#[N+]c1c(C(F)(F)F)[nH]n(-c2ccccc2)c1=O. The summed E-state index contributed by atoms with van der Waals surface area (Å²) in [6.45, 7) is 0. The maximum absolute atomic E-state index is 12.6. The Bertz CT molecular complexity index is 663. The normalized spacial score (nSPS) is 11.2. The molecule has 0 spiro atoms. The summed E-state index contributed by atoms with van der Waals surface area (Å²) in [6, 6.07) is 7.66. The van der Waals surface area contributed by atoms with E-state index >= 15 is 0 Å². The summed E-state index contributed by atoms with van der Waals surface area (Å²) in [4.78, 5) is 14.0. The van der Waals surface area contributed by atoms with Gasteiger partial charge < -0.3 is 0 Å². The number of para-hydroxylation sites is 1. The van der Waals surface area contributed by atoms with Gasteiger partial charge in [0.25, 0.3) is 0 Å². The zero-order valence-electron chi connectivity index (χ0n) is 8.77. The van der Waals surface area contributed by atoms with Gasteiger partial charge in [0.05, 0.1) is 5.69 Å². The Morgan fingerprint density at radius 3 is 2.28 bits per heavy atom. The van der Waals surface area contributed by atoms with Crippen molar-refractivity contribution in [3.63, 3.8) is 0 Å². The molecule has 2 aromatic rings. The van der Waals surface area contributed by atoms with Crippen LogP contribution >= 0.6 is 0 Å². The van der Waals surface area contributed by atoms with Gasteiger partial charge in [-0.2, -0.15) is 13.2 Å². The molecule has 1 N–H and O–H groups in total. The van der Waals surface area contributed by atoms with Crippen LogP contribution in [0.15, 0.2) is 35.1 Å². The summed E-state index contributed by atoms with van der Waals surface area (Å²) >= 11 is 0. The lowest BCUT2D eigenvalue weighted by molar-refractivity contribution is -0.140. The minimum Gasteiger partial charge on any atom is -0.279 e. The molecule has 0 aliphatic carbocycles. The number of hydrogen-bond acceptors (Lipinski definition) is 2. The molecular weight excluding hydrogens is 249 g/mol. The first-order chi connectivity index (χ1) is 8.45. The van der Waals surface area contributed by atoms with E-state index < -0.39 is 23.1 Å². The maximum atomic E-state index is 12.6. The second kappa shape index (κ2) is 4.03. The van der Waals surface area contributed by atoms with Gasteiger partial charge in [-0.3, -0.25) is 9.89 Å². The van der Waals surface area contributed by atoms with Crippen LogP contribution in [0.25, 0.3) is 10.7 Å². The molecule has 0 radical (unpaired) electrons. The largest absolute Gasteiger partial charge is 0.480 e. The summed E-state index contributed by atoms with van der Waals surface area (Å²) in [5.74, 6) is 0. The van der Waals surface area contributed by atoms with Gasteiger partial charge in [-0.15, -0.1) is 0 Å². The van der Waals surface area contributed by atoms with Crippen molar-refractivity contribution in [2.75, 3.05) is 0 Å². The zero-order chi connectivity index (χ0) is 13.3. The average molecular weight is 255 g/mol. The summed E-state index contributed by atoms with van der Waals surface area (Å²) in [7, 11) is 0. The molecule has 1 heterocycles. The second-order valence-electron chi connectivity index (χ2n) is 3.41. The van der Waals surface area contributed by atoms with E-state index in [2.05, 4.69) is 4.98 Å². The summed E-state index contributed by atoms with van der Waals surface area (Å²) in [5.41, 5.74) is -3.32. The Hall–Kier alpha value is -2.56. The molecule has 92 valence electrons. The van der Waals surface area contributed by atoms with Crippen molar-refractivity contribution in [3.8, 4) is 5.69 Å². The van der Waals surface area contributed by atoms with Crippen molar-refractivity contribution in [1.82, 2.24) is 9.78 Å². The Labute approximate surface area is 98.1 Å². The van der Waals surface area contributed by atoms with E-state index in [0.717, 1.165) is 0 Å². The average Bonchev–Trinajstić information content (AvgIpc) is 2.67. The molecule has 0 saturated carbocycles. The Kier molecular flexibility index (Phi) is 2.67. The fourth-order valence-corrected chi connectivity index (χ4v) is 1.48. The van der Waals surface area contributed by atoms with Gasteiger partial charge in [0.2, 0.25) is 11.1 Å². The lowest BCUT2D eigenvalue weighted by Gasteiger charge is -2.02. The lowest BCUT2D eigenvalue weighted by atomic mass is 10.3. The number of diazo groups is 1. The molecular formula is C10H6F3N4O+. The summed E-state index contributed by atoms with van der Waals surface area (Å²) < 4.78 is 38.4. The number of hydrogen-bond donors (Lipinski definition) is 1. The van der Waals surface area contributed by atoms with E-state index in [1.54, 1.807) is 18.2 Å². The summed E-state index contributed by atoms with van der Waals surface area (Å²) in [5, 5.41) is 10.4. The highest BCUT2D eigenvalue weighted by molar-refractivity contribution is 5.50. The van der Waals surface area contributed by atoms with Crippen molar-refractivity contribution in [2.24, 2.45) is 0 Å². The quantitative estimate of drug-likeness (QED) is 0.796. The summed E-state index contributed by atoms with van der Waals surface area (Å²) in [6.07, 6.45) is -4.80. The maximum Gasteiger partial charge on any atom is 0.480 e. The Balaban J connectivity index is 2.71. The predicted molar refractivity (Wildman–Crippen MR) is 56.1 cm³/mol. The van der Waals surface area contributed by atoms with E-state index in [-0.39, 0.29) is 5.69 Å². The van der Waals surface area contributed by atoms with Gasteiger partial charge in [-0.25, -0.2) is 4.68 Å². The first-order valence-corrected chi connectivity index (χ1v) is 4.78. The molecule has 5 nitrogen and oxygen atoms in total. The van der Waals surface area contributed by atoms with Gasteiger partial charge in [0.15, 0.2) is 4.98 Å². The number of H-pyrrole nitrogens is 1. The van der Waals surface area contributed by atoms with E-state index in [1.165, 1.54) is 12.1 Å². The molecule has 0 fully saturated rings. The number of benzene rings is 1. The van der Waals surface area contributed by atoms with Crippen LogP contribution in [0, 0.1) is 5.39 Å². The van der Waals surface area contributed by atoms with E-state index in [0.29, 0.717) is 4.68 Å². The van der Waals surface area contributed by atoms with Crippen LogP contribution in [0.4, 0.5) is 18.9 Å². The molecule has 0 aliphatic rings. The molecule has 0 aliphatic heterocycles. The standard InChI is InChI=1S/C10H5F3N4O/c11-10(12,13)8-7(15-14)9(18)17(16-8)6-4-2-1-3-5-6/h1-5H/p+1. The fourth-order valence-electron chi connectivity index (χ4n) is 1.48. The molecule has 2 rings (SSSR count). The number of rotatable bonds is 1. The number of alkyl halides is 3. The predicted octanol–water partition coefficient (Wildman–Crippen LogP) is 2.67. The third-order valence-corrected chi connectivity index (χ3v) is 2.26. The van der Waals surface area contributed by atoms with Crippen LogP contribution in [-0.4, -0.2) is 9.78 Å². The van der Waals surface area contributed by atoms with Crippen molar-refractivity contribution in [2.45, 2.75) is 6.18 Å². The third kappa shape index (κ3) is 1.86. The molecule has 0 saturated heterocycles. The molecule has 0 bridgehead atoms. The first-order valence-electron chi connectivity index (χ1n) is 4.78. The van der Waals surface area contributed by atoms with Crippen LogP contribution in [0.3, 0.4) is 0 Å². The Morgan fingerprint density at radius 2 is 1.83 bits per heavy atom. The number of aromatic nitrogens is 2. The molecule has 0 atom stereocenters. The van der Waals surface area contributed by atoms with Gasteiger partial charge in [-0.1, -0.05) is 18.2 Å². The first kappa shape index (κ1) is 11.9. The van der Waals surface area contributed by atoms with Crippen molar-refractivity contribution < 1.29 is 13.2 Å². The van der Waals surface area contributed by atoms with Crippen LogP contribution in [-0.2, 0) is 6.18 Å². The number of nitrogens with zero attached hydrogens (tertiary/aromatic N) is 3. The minimum atomic E-state index is -4.80. The molecule has 0 unspecified atom stereocenters. The topological polar surface area (TPSA) is 65.9 Å². The van der Waals surface area contributed by atoms with E-state index in [1.807, 2.05) is 5.10 Å². The lowest BCUT2D eigenvalue weighted by Crippen LogP contribution is -2.13.